The molecule has 0 radical (unpaired) electrons. The number of hydrogen-bond acceptors (Lipinski definition) is 15. The first-order valence-corrected chi connectivity index (χ1v) is 26.1. The molecule has 446 valence electrons. The fraction of sp³-hybridized carbons (Fsp3) is 0.382. The highest BCUT2D eigenvalue weighted by Crippen LogP contribution is 2.44. The summed E-state index contributed by atoms with van der Waals surface area (Å²) in [6, 6.07) is 14.3. The molecule has 0 saturated heterocycles. The minimum absolute atomic E-state index is 0.0205. The van der Waals surface area contributed by atoms with Gasteiger partial charge in [-0.3, -0.25) is 0 Å². The maximum Gasteiger partial charge on any atom is 0.407 e. The lowest BCUT2D eigenvalue weighted by atomic mass is 9.98. The van der Waals surface area contributed by atoms with Gasteiger partial charge in [-0.1, -0.05) is 116 Å². The van der Waals surface area contributed by atoms with E-state index in [1.54, 1.807) is 18.2 Å². The van der Waals surface area contributed by atoms with Crippen molar-refractivity contribution in [2.45, 2.75) is 43.6 Å². The summed E-state index contributed by atoms with van der Waals surface area (Å²) in [7, 11) is 1.45. The number of methoxy groups -OCH3 is 1. The maximum absolute atomic E-state index is 14.3. The number of azide groups is 1. The highest BCUT2D eigenvalue weighted by molar-refractivity contribution is 5.80. The van der Waals surface area contributed by atoms with Crippen LogP contribution in [0.4, 0.5) is 38.4 Å². The normalized spacial score (nSPS) is 12.3. The van der Waals surface area contributed by atoms with E-state index in [2.05, 4.69) is 89.5 Å². The van der Waals surface area contributed by atoms with Gasteiger partial charge in [-0.05, 0) is 46.3 Å². The molecule has 4 atom stereocenters. The Morgan fingerprint density at radius 2 is 1.01 bits per heavy atom. The predicted octanol–water partition coefficient (Wildman–Crippen LogP) is 5.09. The Balaban J connectivity index is 1.49. The van der Waals surface area contributed by atoms with Gasteiger partial charge < -0.3 is 86.5 Å². The van der Waals surface area contributed by atoms with E-state index in [4.69, 9.17) is 28.4 Å². The zero-order valence-corrected chi connectivity index (χ0v) is 46.3. The van der Waals surface area contributed by atoms with Crippen LogP contribution in [0.25, 0.3) is 21.6 Å². The van der Waals surface area contributed by atoms with Crippen LogP contribution in [0.5, 0.6) is 5.75 Å². The Morgan fingerprint density at radius 3 is 1.47 bits per heavy atom. The molecule has 0 bridgehead atoms. The Morgan fingerprint density at radius 1 is 0.578 bits per heavy atom. The fourth-order valence-electron chi connectivity index (χ4n) is 8.05. The topological polar surface area (TPSA) is 364 Å². The molecule has 0 fully saturated rings. The van der Waals surface area contributed by atoms with Crippen molar-refractivity contribution in [3.05, 3.63) is 150 Å². The van der Waals surface area contributed by atoms with Crippen molar-refractivity contribution in [3.63, 3.8) is 0 Å². The molecule has 3 aromatic carbocycles. The Kier molecular flexibility index (Phi) is 28.5. The van der Waals surface area contributed by atoms with E-state index in [-0.39, 0.29) is 97.9 Å². The summed E-state index contributed by atoms with van der Waals surface area (Å²) < 4.78 is 31.4. The SMILES string of the molecule is C=CCOC(=O)NC[C@@H](CNC(=O)N[C@@H](CNC(=O)OCC=C)CNC(=O)N(Cc1ccc(C)cc1OC)[C@H](CN=[N+]=[N-])CNC(=O)OCC=C)NC(=O)NC[C@H](CNC(=O)OCC=C)NC(=O)OCC1c2ccccc2-c2ccccc21. The van der Waals surface area contributed by atoms with Crippen LogP contribution in [0.3, 0.4) is 0 Å². The van der Waals surface area contributed by atoms with Gasteiger partial charge in [0.25, 0.3) is 0 Å². The summed E-state index contributed by atoms with van der Waals surface area (Å²) in [5, 5.41) is 29.7. The van der Waals surface area contributed by atoms with E-state index < -0.39 is 72.7 Å². The molecule has 1 aliphatic rings. The molecule has 11 amide bonds. The van der Waals surface area contributed by atoms with Gasteiger partial charge in [-0.2, -0.15) is 0 Å². The van der Waals surface area contributed by atoms with Gasteiger partial charge in [-0.25, -0.2) is 38.4 Å². The second-order valence-electron chi connectivity index (χ2n) is 18.0. The van der Waals surface area contributed by atoms with Crippen molar-refractivity contribution in [2.75, 3.05) is 92.5 Å². The fourth-order valence-corrected chi connectivity index (χ4v) is 8.05. The number of carbonyl (C=O) groups excluding carboxylic acids is 8. The summed E-state index contributed by atoms with van der Waals surface area (Å²) in [5.41, 5.74) is 14.7. The number of nitrogens with zero attached hydrogens (tertiary/aromatic N) is 4. The number of fused-ring (bicyclic) bond motifs is 3. The molecule has 4 rings (SSSR count). The van der Waals surface area contributed by atoms with E-state index in [1.807, 2.05) is 55.5 Å². The van der Waals surface area contributed by atoms with Crippen LogP contribution in [0.1, 0.15) is 28.2 Å². The van der Waals surface area contributed by atoms with Gasteiger partial charge in [0.05, 0.1) is 37.8 Å². The van der Waals surface area contributed by atoms with E-state index >= 15 is 0 Å². The second kappa shape index (κ2) is 36.2. The molecule has 0 unspecified atom stereocenters. The van der Waals surface area contributed by atoms with Crippen LogP contribution < -0.4 is 57.9 Å². The first-order valence-electron chi connectivity index (χ1n) is 26.1. The highest BCUT2D eigenvalue weighted by Gasteiger charge is 2.31. The number of amides is 11. The Hall–Kier alpha value is -10.1. The van der Waals surface area contributed by atoms with Crippen molar-refractivity contribution >= 4 is 48.6 Å². The number of aryl methyl sites for hydroxylation is 1. The van der Waals surface area contributed by atoms with Crippen molar-refractivity contribution in [1.82, 2.24) is 58.1 Å². The van der Waals surface area contributed by atoms with Crippen molar-refractivity contribution in [1.29, 1.82) is 0 Å². The molecule has 0 spiro atoms. The van der Waals surface area contributed by atoms with Crippen LogP contribution in [0.2, 0.25) is 0 Å². The molecule has 28 heteroatoms. The molecule has 1 aliphatic carbocycles. The van der Waals surface area contributed by atoms with Gasteiger partial charge in [0.1, 0.15) is 38.8 Å². The lowest BCUT2D eigenvalue weighted by molar-refractivity contribution is 0.136. The van der Waals surface area contributed by atoms with Crippen LogP contribution in [-0.2, 0) is 30.2 Å². The molecule has 0 heterocycles. The molecule has 0 aromatic heterocycles. The number of carbonyl (C=O) groups is 8. The highest BCUT2D eigenvalue weighted by atomic mass is 16.6. The third-order valence-electron chi connectivity index (χ3n) is 12.0. The first kappa shape index (κ1) is 65.4. The number of ether oxygens (including phenoxy) is 6. The number of nitrogens with one attached hydrogen (secondary N) is 10. The molecular weight excluding hydrogens is 1080 g/mol. The van der Waals surface area contributed by atoms with Crippen LogP contribution in [0, 0.1) is 6.92 Å². The summed E-state index contributed by atoms with van der Waals surface area (Å²) >= 11 is 0. The van der Waals surface area contributed by atoms with Gasteiger partial charge in [0.15, 0.2) is 0 Å². The molecule has 10 N–H and O–H groups in total. The Bertz CT molecular complexity index is 2730. The Labute approximate surface area is 480 Å². The number of urea groups is 3. The minimum Gasteiger partial charge on any atom is -0.496 e. The summed E-state index contributed by atoms with van der Waals surface area (Å²) in [4.78, 5) is 109. The largest absolute Gasteiger partial charge is 0.496 e. The summed E-state index contributed by atoms with van der Waals surface area (Å²) in [6.45, 7) is 12.9. The third kappa shape index (κ3) is 23.3. The van der Waals surface area contributed by atoms with Crippen molar-refractivity contribution in [2.24, 2.45) is 5.11 Å². The van der Waals surface area contributed by atoms with E-state index in [0.717, 1.165) is 27.8 Å². The van der Waals surface area contributed by atoms with Gasteiger partial charge >= 0.3 is 48.6 Å². The monoisotopic (exact) mass is 1150 g/mol. The minimum atomic E-state index is -1.08. The van der Waals surface area contributed by atoms with E-state index in [9.17, 15) is 43.9 Å². The molecule has 28 nitrogen and oxygen atoms in total. The third-order valence-corrected chi connectivity index (χ3v) is 12.0. The number of hydrogen-bond donors (Lipinski definition) is 10. The second-order valence-corrected chi connectivity index (χ2v) is 18.0. The molecule has 3 aromatic rings. The van der Waals surface area contributed by atoms with Gasteiger partial charge in [0.2, 0.25) is 0 Å². The number of benzene rings is 3. The van der Waals surface area contributed by atoms with Crippen LogP contribution in [0.15, 0.2) is 122 Å². The smallest absolute Gasteiger partial charge is 0.407 e. The average Bonchev–Trinajstić information content (AvgIpc) is 4.04. The number of alkyl carbamates (subject to hydrolysis) is 5. The quantitative estimate of drug-likeness (QED) is 0.0125. The maximum atomic E-state index is 14.3. The zero-order valence-electron chi connectivity index (χ0n) is 46.3. The first-order chi connectivity index (χ1) is 40.1. The predicted molar refractivity (Wildman–Crippen MR) is 305 cm³/mol. The van der Waals surface area contributed by atoms with Crippen molar-refractivity contribution < 1.29 is 66.8 Å². The zero-order chi connectivity index (χ0) is 60.4. The summed E-state index contributed by atoms with van der Waals surface area (Å²) in [5.74, 6) is 0.176. The lowest BCUT2D eigenvalue weighted by Gasteiger charge is -2.32. The number of rotatable bonds is 33. The van der Waals surface area contributed by atoms with Crippen molar-refractivity contribution in [3.8, 4) is 16.9 Å². The average molecular weight is 1150 g/mol. The van der Waals surface area contributed by atoms with Crippen LogP contribution >= 0.6 is 0 Å². The van der Waals surface area contributed by atoms with Gasteiger partial charge in [0, 0.05) is 68.8 Å². The summed E-state index contributed by atoms with van der Waals surface area (Å²) in [6.07, 6.45) is 1.13. The van der Waals surface area contributed by atoms with E-state index in [0.29, 0.717) is 11.3 Å². The van der Waals surface area contributed by atoms with Gasteiger partial charge in [-0.15, -0.1) is 0 Å². The van der Waals surface area contributed by atoms with E-state index in [1.165, 1.54) is 36.3 Å². The molecule has 0 aliphatic heterocycles. The molecular formula is C55H72N14O14. The standard InChI is InChI=1S/C55H72N14O14/c1-7-21-79-51(73)60-29-38(65-49(71)58-27-40(31-62-53(75)81-23-9-3)67-55(77)83-35-46-44-17-13-11-15-42(44)43-16-12-14-18-45(43)46)26-57-48(70)66-39(30-61-52(74)80-22-8-2)28-59-50(72)69(34-37-20-19-36(5)25-47(37)78-6)41(33-64-68-56)32-63-54(76)82-24-10-4/h7-20,25,38-41,46H,1-4,21-24,26-35H2,5-6H3,(H,59,72)(H,60,73)(H,61,74)(H,62,75)(H,63,76)(H,67,77)(H2,57,66,70)(H2,58,65,71)/t38-,39-,40-,41+/m1/s1. The van der Waals surface area contributed by atoms with Crippen LogP contribution in [-0.4, -0.2) is 170 Å². The molecule has 83 heavy (non-hydrogen) atoms. The molecule has 0 saturated carbocycles. The lowest BCUT2D eigenvalue weighted by Crippen LogP contribution is -2.58.